The second kappa shape index (κ2) is 1.79. The van der Waals surface area contributed by atoms with Crippen molar-refractivity contribution in [2.45, 2.75) is 18.4 Å². The summed E-state index contributed by atoms with van der Waals surface area (Å²) in [5, 5.41) is 8.91. The molecule has 0 aromatic rings. The Balaban J connectivity index is 2.52. The van der Waals surface area contributed by atoms with Crippen LogP contribution in [0.3, 0.4) is 0 Å². The SMILES string of the molecule is C=COC1(C(=C)O)CC1. The third-order valence-electron chi connectivity index (χ3n) is 1.54. The van der Waals surface area contributed by atoms with E-state index in [0.29, 0.717) is 0 Å². The van der Waals surface area contributed by atoms with Crippen LogP contribution in [-0.4, -0.2) is 10.7 Å². The molecule has 1 aliphatic carbocycles. The van der Waals surface area contributed by atoms with E-state index in [-0.39, 0.29) is 5.76 Å². The highest BCUT2D eigenvalue weighted by Crippen LogP contribution is 2.44. The van der Waals surface area contributed by atoms with Crippen LogP contribution in [0.5, 0.6) is 0 Å². The third kappa shape index (κ3) is 0.922. The predicted molar refractivity (Wildman–Crippen MR) is 35.0 cm³/mol. The van der Waals surface area contributed by atoms with Gasteiger partial charge in [0.1, 0.15) is 5.76 Å². The summed E-state index contributed by atoms with van der Waals surface area (Å²) in [4.78, 5) is 0. The van der Waals surface area contributed by atoms with Crippen molar-refractivity contribution in [3.05, 3.63) is 25.2 Å². The van der Waals surface area contributed by atoms with E-state index in [2.05, 4.69) is 13.2 Å². The molecule has 0 heterocycles. The molecule has 1 N–H and O–H groups in total. The van der Waals surface area contributed by atoms with Crippen LogP contribution < -0.4 is 0 Å². The smallest absolute Gasteiger partial charge is 0.164 e. The Morgan fingerprint density at radius 3 is 2.33 bits per heavy atom. The third-order valence-corrected chi connectivity index (χ3v) is 1.54. The molecule has 9 heavy (non-hydrogen) atoms. The molecule has 2 nitrogen and oxygen atoms in total. The average Bonchev–Trinajstić information content (AvgIpc) is 2.49. The molecule has 0 unspecified atom stereocenters. The molecule has 1 rings (SSSR count). The molecule has 0 amide bonds. The fraction of sp³-hybridized carbons (Fsp3) is 0.429. The van der Waals surface area contributed by atoms with E-state index < -0.39 is 5.60 Å². The number of aliphatic hydroxyl groups is 1. The lowest BCUT2D eigenvalue weighted by molar-refractivity contribution is 0.110. The van der Waals surface area contributed by atoms with E-state index in [9.17, 15) is 0 Å². The van der Waals surface area contributed by atoms with Gasteiger partial charge in [-0.15, -0.1) is 0 Å². The van der Waals surface area contributed by atoms with Crippen molar-refractivity contribution < 1.29 is 9.84 Å². The molecular formula is C7H10O2. The lowest BCUT2D eigenvalue weighted by Crippen LogP contribution is -2.12. The Bertz CT molecular complexity index is 145. The minimum atomic E-state index is -0.457. The Kier molecular flexibility index (Phi) is 1.24. The summed E-state index contributed by atoms with van der Waals surface area (Å²) in [6.45, 7) is 6.78. The second-order valence-corrected chi connectivity index (χ2v) is 2.23. The number of hydrogen-bond donors (Lipinski definition) is 1. The van der Waals surface area contributed by atoms with Crippen molar-refractivity contribution >= 4 is 0 Å². The van der Waals surface area contributed by atoms with Crippen LogP contribution in [0.2, 0.25) is 0 Å². The largest absolute Gasteiger partial charge is 0.509 e. The fourth-order valence-corrected chi connectivity index (χ4v) is 0.747. The Morgan fingerprint density at radius 2 is 2.22 bits per heavy atom. The van der Waals surface area contributed by atoms with Gasteiger partial charge < -0.3 is 9.84 Å². The average molecular weight is 126 g/mol. The molecule has 0 radical (unpaired) electrons. The van der Waals surface area contributed by atoms with E-state index in [1.807, 2.05) is 0 Å². The first kappa shape index (κ1) is 6.20. The van der Waals surface area contributed by atoms with E-state index in [0.717, 1.165) is 12.8 Å². The number of ether oxygens (including phenoxy) is 1. The van der Waals surface area contributed by atoms with Crippen molar-refractivity contribution in [1.82, 2.24) is 0 Å². The number of aliphatic hydroxyl groups excluding tert-OH is 1. The minimum Gasteiger partial charge on any atom is -0.509 e. The first-order valence-electron chi connectivity index (χ1n) is 2.88. The highest BCUT2D eigenvalue weighted by atomic mass is 16.5. The van der Waals surface area contributed by atoms with E-state index in [1.54, 1.807) is 0 Å². The lowest BCUT2D eigenvalue weighted by atomic mass is 10.3. The van der Waals surface area contributed by atoms with Gasteiger partial charge in [0.15, 0.2) is 5.60 Å². The Morgan fingerprint density at radius 1 is 1.67 bits per heavy atom. The molecule has 0 spiro atoms. The second-order valence-electron chi connectivity index (χ2n) is 2.23. The van der Waals surface area contributed by atoms with Crippen LogP contribution in [0.25, 0.3) is 0 Å². The molecule has 0 bridgehead atoms. The summed E-state index contributed by atoms with van der Waals surface area (Å²) in [5.41, 5.74) is -0.457. The van der Waals surface area contributed by atoms with E-state index in [1.165, 1.54) is 6.26 Å². The van der Waals surface area contributed by atoms with Gasteiger partial charge in [0.2, 0.25) is 0 Å². The van der Waals surface area contributed by atoms with Crippen molar-refractivity contribution in [2.75, 3.05) is 0 Å². The molecule has 1 saturated carbocycles. The van der Waals surface area contributed by atoms with Gasteiger partial charge in [0.05, 0.1) is 6.26 Å². The van der Waals surface area contributed by atoms with Crippen molar-refractivity contribution in [2.24, 2.45) is 0 Å². The van der Waals surface area contributed by atoms with Gasteiger partial charge >= 0.3 is 0 Å². The Labute approximate surface area is 54.5 Å². The molecule has 1 fully saturated rings. The van der Waals surface area contributed by atoms with Crippen LogP contribution in [0, 0.1) is 0 Å². The van der Waals surface area contributed by atoms with Crippen molar-refractivity contribution in [1.29, 1.82) is 0 Å². The fourth-order valence-electron chi connectivity index (χ4n) is 0.747. The molecule has 50 valence electrons. The zero-order valence-corrected chi connectivity index (χ0v) is 5.26. The molecule has 0 aliphatic heterocycles. The zero-order valence-electron chi connectivity index (χ0n) is 5.26. The van der Waals surface area contributed by atoms with Gasteiger partial charge in [-0.05, 0) is 12.8 Å². The van der Waals surface area contributed by atoms with E-state index in [4.69, 9.17) is 9.84 Å². The van der Waals surface area contributed by atoms with E-state index >= 15 is 0 Å². The van der Waals surface area contributed by atoms with Crippen molar-refractivity contribution in [3.8, 4) is 0 Å². The van der Waals surface area contributed by atoms with Gasteiger partial charge in [-0.3, -0.25) is 0 Å². The molecule has 2 heteroatoms. The maximum atomic E-state index is 8.91. The van der Waals surface area contributed by atoms with Gasteiger partial charge in [-0.1, -0.05) is 13.2 Å². The highest BCUT2D eigenvalue weighted by Gasteiger charge is 2.48. The number of hydrogen-bond acceptors (Lipinski definition) is 2. The summed E-state index contributed by atoms with van der Waals surface area (Å²) in [5.74, 6) is 0.113. The van der Waals surface area contributed by atoms with Crippen molar-refractivity contribution in [3.63, 3.8) is 0 Å². The lowest BCUT2D eigenvalue weighted by Gasteiger charge is -2.11. The van der Waals surface area contributed by atoms with Gasteiger partial charge in [0.25, 0.3) is 0 Å². The molecule has 1 aliphatic rings. The zero-order chi connectivity index (χ0) is 6.91. The maximum Gasteiger partial charge on any atom is 0.164 e. The quantitative estimate of drug-likeness (QED) is 0.584. The summed E-state index contributed by atoms with van der Waals surface area (Å²) in [6, 6.07) is 0. The summed E-state index contributed by atoms with van der Waals surface area (Å²) in [6.07, 6.45) is 3.05. The summed E-state index contributed by atoms with van der Waals surface area (Å²) < 4.78 is 5.02. The first-order chi connectivity index (χ1) is 4.21. The van der Waals surface area contributed by atoms with Crippen LogP contribution in [0.15, 0.2) is 25.2 Å². The summed E-state index contributed by atoms with van der Waals surface area (Å²) >= 11 is 0. The monoisotopic (exact) mass is 126 g/mol. The molecule has 0 aromatic carbocycles. The molecule has 0 atom stereocenters. The standard InChI is InChI=1S/C7H10O2/c1-3-9-7(4-5-7)6(2)8/h3,8H,1-2,4-5H2. The molecule has 0 saturated heterocycles. The van der Waals surface area contributed by atoms with Gasteiger partial charge in [-0.25, -0.2) is 0 Å². The first-order valence-corrected chi connectivity index (χ1v) is 2.88. The number of rotatable bonds is 3. The van der Waals surface area contributed by atoms with Crippen LogP contribution >= 0.6 is 0 Å². The van der Waals surface area contributed by atoms with Crippen LogP contribution in [0.4, 0.5) is 0 Å². The van der Waals surface area contributed by atoms with Crippen LogP contribution in [0.1, 0.15) is 12.8 Å². The highest BCUT2D eigenvalue weighted by molar-refractivity contribution is 5.16. The molecule has 0 aromatic heterocycles. The van der Waals surface area contributed by atoms with Crippen LogP contribution in [-0.2, 0) is 4.74 Å². The summed E-state index contributed by atoms with van der Waals surface area (Å²) in [7, 11) is 0. The molecular weight excluding hydrogens is 116 g/mol. The van der Waals surface area contributed by atoms with Gasteiger partial charge in [0, 0.05) is 0 Å². The predicted octanol–water partition coefficient (Wildman–Crippen LogP) is 1.75. The minimum absolute atomic E-state index is 0.113. The van der Waals surface area contributed by atoms with Gasteiger partial charge in [-0.2, -0.15) is 0 Å². The topological polar surface area (TPSA) is 29.5 Å². The normalized spacial score (nSPS) is 20.4. The Hall–Kier alpha value is -0.920. The maximum absolute atomic E-state index is 8.91.